The summed E-state index contributed by atoms with van der Waals surface area (Å²) in [6, 6.07) is 3.74. The van der Waals surface area contributed by atoms with Gasteiger partial charge in [0.2, 0.25) is 5.91 Å². The lowest BCUT2D eigenvalue weighted by Crippen LogP contribution is -2.39. The monoisotopic (exact) mass is 286 g/mol. The highest BCUT2D eigenvalue weighted by Gasteiger charge is 2.34. The van der Waals surface area contributed by atoms with Crippen LogP contribution in [0, 0.1) is 5.82 Å². The summed E-state index contributed by atoms with van der Waals surface area (Å²) in [7, 11) is -3.38. The number of halogens is 1. The zero-order valence-corrected chi connectivity index (χ0v) is 11.0. The molecular formula is C12H15FN2O3S. The van der Waals surface area contributed by atoms with Crippen LogP contribution in [0.5, 0.6) is 0 Å². The van der Waals surface area contributed by atoms with Gasteiger partial charge in [0.25, 0.3) is 0 Å². The second kappa shape index (κ2) is 5.16. The maximum atomic E-state index is 13.0. The van der Waals surface area contributed by atoms with Crippen LogP contribution in [0.3, 0.4) is 0 Å². The van der Waals surface area contributed by atoms with Crippen molar-refractivity contribution in [2.75, 3.05) is 16.8 Å². The molecule has 2 rings (SSSR count). The molecule has 3 N–H and O–H groups in total. The Balaban J connectivity index is 2.14. The van der Waals surface area contributed by atoms with E-state index in [0.717, 1.165) is 6.07 Å². The van der Waals surface area contributed by atoms with E-state index in [4.69, 9.17) is 5.73 Å². The molecule has 1 aromatic carbocycles. The van der Waals surface area contributed by atoms with Crippen molar-refractivity contribution in [3.63, 3.8) is 0 Å². The molecule has 1 saturated heterocycles. The minimum absolute atomic E-state index is 0.0383. The van der Waals surface area contributed by atoms with Gasteiger partial charge in [-0.1, -0.05) is 6.42 Å². The quantitative estimate of drug-likeness (QED) is 0.802. The molecule has 7 heteroatoms. The van der Waals surface area contributed by atoms with Gasteiger partial charge in [-0.25, -0.2) is 12.8 Å². The number of hydrogen-bond donors (Lipinski definition) is 2. The molecule has 0 spiro atoms. The molecule has 0 radical (unpaired) electrons. The van der Waals surface area contributed by atoms with Gasteiger partial charge in [-0.15, -0.1) is 0 Å². The van der Waals surface area contributed by atoms with Gasteiger partial charge in [0.1, 0.15) is 11.1 Å². The number of rotatable bonds is 2. The third kappa shape index (κ3) is 3.04. The fourth-order valence-corrected chi connectivity index (χ4v) is 3.90. The Morgan fingerprint density at radius 2 is 2.11 bits per heavy atom. The van der Waals surface area contributed by atoms with Crippen LogP contribution in [0.2, 0.25) is 0 Å². The minimum atomic E-state index is -3.38. The van der Waals surface area contributed by atoms with Crippen molar-refractivity contribution < 1.29 is 17.6 Å². The van der Waals surface area contributed by atoms with E-state index >= 15 is 0 Å². The normalized spacial score (nSPS) is 21.8. The maximum absolute atomic E-state index is 13.0. The van der Waals surface area contributed by atoms with E-state index in [-0.39, 0.29) is 11.4 Å². The number of sulfone groups is 1. The fraction of sp³-hybridized carbons (Fsp3) is 0.417. The molecule has 1 heterocycles. The Morgan fingerprint density at radius 1 is 1.37 bits per heavy atom. The molecule has 104 valence electrons. The van der Waals surface area contributed by atoms with E-state index in [0.29, 0.717) is 24.9 Å². The van der Waals surface area contributed by atoms with Gasteiger partial charge in [0.05, 0.1) is 11.4 Å². The van der Waals surface area contributed by atoms with Gasteiger partial charge in [-0.3, -0.25) is 4.79 Å². The van der Waals surface area contributed by atoms with Crippen molar-refractivity contribution in [1.82, 2.24) is 0 Å². The molecule has 1 aliphatic heterocycles. The van der Waals surface area contributed by atoms with Crippen molar-refractivity contribution >= 4 is 27.1 Å². The van der Waals surface area contributed by atoms with Gasteiger partial charge < -0.3 is 11.1 Å². The fourth-order valence-electron chi connectivity index (χ4n) is 2.09. The molecule has 19 heavy (non-hydrogen) atoms. The Kier molecular flexibility index (Phi) is 3.75. The first-order chi connectivity index (χ1) is 8.90. The molecule has 5 nitrogen and oxygen atoms in total. The van der Waals surface area contributed by atoms with Crippen molar-refractivity contribution in [1.29, 1.82) is 0 Å². The van der Waals surface area contributed by atoms with E-state index in [2.05, 4.69) is 5.32 Å². The maximum Gasteiger partial charge on any atom is 0.242 e. The van der Waals surface area contributed by atoms with Gasteiger partial charge in [-0.05, 0) is 31.0 Å². The van der Waals surface area contributed by atoms with Crippen LogP contribution < -0.4 is 11.1 Å². The molecule has 0 saturated carbocycles. The molecular weight excluding hydrogens is 271 g/mol. The number of anilines is 2. The van der Waals surface area contributed by atoms with Crippen LogP contribution >= 0.6 is 0 Å². The van der Waals surface area contributed by atoms with Crippen LogP contribution in [0.4, 0.5) is 15.8 Å². The Labute approximate surface area is 110 Å². The molecule has 0 bridgehead atoms. The van der Waals surface area contributed by atoms with Crippen molar-refractivity contribution in [2.45, 2.75) is 24.5 Å². The summed E-state index contributed by atoms with van der Waals surface area (Å²) >= 11 is 0. The Morgan fingerprint density at radius 3 is 2.74 bits per heavy atom. The number of nitrogen functional groups attached to an aromatic ring is 1. The first-order valence-corrected chi connectivity index (χ1v) is 7.69. The number of amides is 1. The molecule has 0 aliphatic carbocycles. The van der Waals surface area contributed by atoms with Crippen LogP contribution in [0.15, 0.2) is 18.2 Å². The molecule has 1 amide bonds. The van der Waals surface area contributed by atoms with Gasteiger partial charge in [-0.2, -0.15) is 0 Å². The predicted octanol–water partition coefficient (Wildman–Crippen LogP) is 1.31. The molecule has 1 unspecified atom stereocenters. The summed E-state index contributed by atoms with van der Waals surface area (Å²) in [6.45, 7) is 0. The first kappa shape index (κ1) is 13.8. The summed E-state index contributed by atoms with van der Waals surface area (Å²) in [4.78, 5) is 12.0. The number of benzene rings is 1. The molecule has 1 atom stereocenters. The average molecular weight is 286 g/mol. The van der Waals surface area contributed by atoms with Crippen molar-refractivity contribution in [3.05, 3.63) is 24.0 Å². The second-order valence-electron chi connectivity index (χ2n) is 4.58. The third-order valence-corrected chi connectivity index (χ3v) is 5.31. The summed E-state index contributed by atoms with van der Waals surface area (Å²) in [5, 5.41) is 1.45. The molecule has 1 fully saturated rings. The average Bonchev–Trinajstić information content (AvgIpc) is 2.33. The van der Waals surface area contributed by atoms with Gasteiger partial charge in [0.15, 0.2) is 9.84 Å². The summed E-state index contributed by atoms with van der Waals surface area (Å²) in [5.74, 6) is -1.12. The Hall–Kier alpha value is -1.63. The largest absolute Gasteiger partial charge is 0.396 e. The zero-order chi connectivity index (χ0) is 14.0. The first-order valence-electron chi connectivity index (χ1n) is 5.97. The highest BCUT2D eigenvalue weighted by Crippen LogP contribution is 2.22. The number of carbonyl (C=O) groups excluding carboxylic acids is 1. The van der Waals surface area contributed by atoms with E-state index in [1.54, 1.807) is 0 Å². The van der Waals surface area contributed by atoms with E-state index in [1.807, 2.05) is 0 Å². The van der Waals surface area contributed by atoms with Crippen molar-refractivity contribution in [3.8, 4) is 0 Å². The summed E-state index contributed by atoms with van der Waals surface area (Å²) < 4.78 is 36.6. The molecule has 1 aliphatic rings. The smallest absolute Gasteiger partial charge is 0.242 e. The SMILES string of the molecule is Nc1cc(NC(=O)C2CCCCS2(=O)=O)ccc1F. The summed E-state index contributed by atoms with van der Waals surface area (Å²) in [6.07, 6.45) is 1.63. The lowest BCUT2D eigenvalue weighted by molar-refractivity contribution is -0.116. The standard InChI is InChI=1S/C12H15FN2O3S/c13-9-5-4-8(7-10(9)14)15-12(16)11-3-1-2-6-19(11,17)18/h4-5,7,11H,1-3,6,14H2,(H,15,16). The lowest BCUT2D eigenvalue weighted by atomic mass is 10.1. The topological polar surface area (TPSA) is 89.3 Å². The van der Waals surface area contributed by atoms with E-state index in [9.17, 15) is 17.6 Å². The number of nitrogens with one attached hydrogen (secondary N) is 1. The predicted molar refractivity (Wildman–Crippen MR) is 70.9 cm³/mol. The number of hydrogen-bond acceptors (Lipinski definition) is 4. The third-order valence-electron chi connectivity index (χ3n) is 3.13. The van der Waals surface area contributed by atoms with Crippen LogP contribution in [0.1, 0.15) is 19.3 Å². The van der Waals surface area contributed by atoms with E-state index < -0.39 is 26.8 Å². The van der Waals surface area contributed by atoms with Crippen LogP contribution in [0.25, 0.3) is 0 Å². The van der Waals surface area contributed by atoms with Gasteiger partial charge >= 0.3 is 0 Å². The Bertz CT molecular complexity index is 601. The highest BCUT2D eigenvalue weighted by molar-refractivity contribution is 7.92. The van der Waals surface area contributed by atoms with Crippen LogP contribution in [-0.2, 0) is 14.6 Å². The molecule has 0 aromatic heterocycles. The van der Waals surface area contributed by atoms with Crippen LogP contribution in [-0.4, -0.2) is 25.3 Å². The highest BCUT2D eigenvalue weighted by atomic mass is 32.2. The minimum Gasteiger partial charge on any atom is -0.396 e. The van der Waals surface area contributed by atoms with Crippen molar-refractivity contribution in [2.24, 2.45) is 0 Å². The lowest BCUT2D eigenvalue weighted by Gasteiger charge is -2.21. The van der Waals surface area contributed by atoms with Gasteiger partial charge in [0, 0.05) is 5.69 Å². The number of carbonyl (C=O) groups is 1. The zero-order valence-electron chi connectivity index (χ0n) is 10.2. The number of nitrogens with two attached hydrogens (primary N) is 1. The van der Waals surface area contributed by atoms with E-state index in [1.165, 1.54) is 12.1 Å². The summed E-state index contributed by atoms with van der Waals surface area (Å²) in [5.41, 5.74) is 5.59. The second-order valence-corrected chi connectivity index (χ2v) is 6.88. The molecule has 1 aromatic rings.